The Morgan fingerprint density at radius 2 is 1.95 bits per heavy atom. The molecule has 0 saturated carbocycles. The Kier molecular flexibility index (Phi) is 7.17. The molecule has 4 nitrogen and oxygen atoms in total. The van der Waals surface area contributed by atoms with Gasteiger partial charge in [0, 0.05) is 32.0 Å². The van der Waals surface area contributed by atoms with Gasteiger partial charge in [-0.05, 0) is 18.6 Å². The first-order chi connectivity index (χ1) is 9.51. The van der Waals surface area contributed by atoms with Gasteiger partial charge in [-0.25, -0.2) is 0 Å². The number of hydrogen-bond acceptors (Lipinski definition) is 4. The molecule has 114 valence electrons. The summed E-state index contributed by atoms with van der Waals surface area (Å²) in [6, 6.07) is 5.74. The van der Waals surface area contributed by atoms with Crippen molar-refractivity contribution < 1.29 is 27.4 Å². The van der Waals surface area contributed by atoms with Crippen molar-refractivity contribution in [2.45, 2.75) is 12.8 Å². The molecule has 0 fully saturated rings. The fourth-order valence-corrected chi connectivity index (χ4v) is 1.45. The van der Waals surface area contributed by atoms with Crippen LogP contribution in [0, 0.1) is 0 Å². The minimum absolute atomic E-state index is 0.237. The Morgan fingerprint density at radius 3 is 2.65 bits per heavy atom. The Bertz CT molecular complexity index is 385. The minimum atomic E-state index is -4.67. The topological polar surface area (TPSA) is 39.7 Å². The quantitative estimate of drug-likeness (QED) is 0.710. The average Bonchev–Trinajstić information content (AvgIpc) is 2.36. The van der Waals surface area contributed by atoms with Crippen LogP contribution in [0.1, 0.15) is 6.42 Å². The molecule has 20 heavy (non-hydrogen) atoms. The predicted molar refractivity (Wildman–Crippen MR) is 68.9 cm³/mol. The zero-order valence-corrected chi connectivity index (χ0v) is 11.2. The van der Waals surface area contributed by atoms with Gasteiger partial charge in [-0.3, -0.25) is 0 Å². The molecule has 0 aliphatic rings. The molecule has 0 aliphatic heterocycles. The average molecular weight is 293 g/mol. The van der Waals surface area contributed by atoms with Crippen molar-refractivity contribution in [2.24, 2.45) is 0 Å². The van der Waals surface area contributed by atoms with Crippen molar-refractivity contribution in [3.05, 3.63) is 24.3 Å². The number of rotatable bonds is 9. The van der Waals surface area contributed by atoms with Crippen LogP contribution in [0.15, 0.2) is 24.3 Å². The Balaban J connectivity index is 2.25. The summed E-state index contributed by atoms with van der Waals surface area (Å²) in [6.07, 6.45) is -3.93. The van der Waals surface area contributed by atoms with E-state index in [1.165, 1.54) is 18.2 Å². The number of halogens is 3. The maximum atomic E-state index is 12.1. The Labute approximate surface area is 115 Å². The molecule has 1 aromatic carbocycles. The molecular weight excluding hydrogens is 275 g/mol. The standard InChI is InChI=1S/C13H18F3NO3/c1-18-8-9-19-7-3-6-17-11-4-2-5-12(10-11)20-13(14,15)16/h2,4-5,10,17H,3,6-9H2,1H3. The van der Waals surface area contributed by atoms with Gasteiger partial charge in [-0.15, -0.1) is 13.2 Å². The summed E-state index contributed by atoms with van der Waals surface area (Å²) in [4.78, 5) is 0. The molecule has 0 unspecified atom stereocenters. The minimum Gasteiger partial charge on any atom is -0.406 e. The van der Waals surface area contributed by atoms with E-state index in [9.17, 15) is 13.2 Å². The normalized spacial score (nSPS) is 11.4. The van der Waals surface area contributed by atoms with Crippen LogP contribution in [0.25, 0.3) is 0 Å². The van der Waals surface area contributed by atoms with Crippen LogP contribution in [-0.2, 0) is 9.47 Å². The number of benzene rings is 1. The predicted octanol–water partition coefficient (Wildman–Crippen LogP) is 3.05. The van der Waals surface area contributed by atoms with Crippen LogP contribution in [0.3, 0.4) is 0 Å². The third kappa shape index (κ3) is 7.85. The summed E-state index contributed by atoms with van der Waals surface area (Å²) in [7, 11) is 1.60. The van der Waals surface area contributed by atoms with Gasteiger partial charge in [0.2, 0.25) is 0 Å². The molecular formula is C13H18F3NO3. The zero-order valence-electron chi connectivity index (χ0n) is 11.2. The van der Waals surface area contributed by atoms with Gasteiger partial charge < -0.3 is 19.5 Å². The fraction of sp³-hybridized carbons (Fsp3) is 0.538. The smallest absolute Gasteiger partial charge is 0.406 e. The van der Waals surface area contributed by atoms with E-state index in [1.807, 2.05) is 0 Å². The highest BCUT2D eigenvalue weighted by atomic mass is 19.4. The van der Waals surface area contributed by atoms with Gasteiger partial charge in [0.15, 0.2) is 0 Å². The molecule has 1 aromatic rings. The lowest BCUT2D eigenvalue weighted by Crippen LogP contribution is -2.17. The van der Waals surface area contributed by atoms with Gasteiger partial charge in [-0.1, -0.05) is 6.07 Å². The first-order valence-electron chi connectivity index (χ1n) is 6.17. The van der Waals surface area contributed by atoms with Crippen molar-refractivity contribution in [1.82, 2.24) is 0 Å². The summed E-state index contributed by atoms with van der Waals surface area (Å²) in [5.74, 6) is -0.237. The Hall–Kier alpha value is -1.47. The van der Waals surface area contributed by atoms with Crippen molar-refractivity contribution in [3.8, 4) is 5.75 Å². The van der Waals surface area contributed by atoms with Crippen molar-refractivity contribution >= 4 is 5.69 Å². The third-order valence-electron chi connectivity index (χ3n) is 2.29. The lowest BCUT2D eigenvalue weighted by molar-refractivity contribution is -0.274. The summed E-state index contributed by atoms with van der Waals surface area (Å²) < 4.78 is 50.1. The van der Waals surface area contributed by atoms with E-state index >= 15 is 0 Å². The van der Waals surface area contributed by atoms with E-state index in [0.717, 1.165) is 6.42 Å². The number of hydrogen-bond donors (Lipinski definition) is 1. The number of anilines is 1. The van der Waals surface area contributed by atoms with Crippen molar-refractivity contribution in [3.63, 3.8) is 0 Å². The summed E-state index contributed by atoms with van der Waals surface area (Å²) in [5, 5.41) is 3.00. The largest absolute Gasteiger partial charge is 0.573 e. The Morgan fingerprint density at radius 1 is 1.15 bits per heavy atom. The monoisotopic (exact) mass is 293 g/mol. The van der Waals surface area contributed by atoms with E-state index < -0.39 is 6.36 Å². The summed E-state index contributed by atoms with van der Waals surface area (Å²) >= 11 is 0. The molecule has 0 amide bonds. The molecule has 0 spiro atoms. The van der Waals surface area contributed by atoms with E-state index in [1.54, 1.807) is 13.2 Å². The van der Waals surface area contributed by atoms with Gasteiger partial charge in [-0.2, -0.15) is 0 Å². The van der Waals surface area contributed by atoms with Crippen LogP contribution < -0.4 is 10.1 Å². The molecule has 7 heteroatoms. The highest BCUT2D eigenvalue weighted by molar-refractivity contribution is 5.48. The lowest BCUT2D eigenvalue weighted by atomic mass is 10.3. The van der Waals surface area contributed by atoms with Gasteiger partial charge in [0.25, 0.3) is 0 Å². The first-order valence-corrected chi connectivity index (χ1v) is 6.17. The van der Waals surface area contributed by atoms with Crippen LogP contribution >= 0.6 is 0 Å². The van der Waals surface area contributed by atoms with Gasteiger partial charge >= 0.3 is 6.36 Å². The second-order valence-corrected chi connectivity index (χ2v) is 3.96. The van der Waals surface area contributed by atoms with E-state index in [-0.39, 0.29) is 5.75 Å². The molecule has 0 bridgehead atoms. The number of nitrogens with one attached hydrogen (secondary N) is 1. The molecule has 1 N–H and O–H groups in total. The molecule has 0 aliphatic carbocycles. The van der Waals surface area contributed by atoms with E-state index in [4.69, 9.17) is 9.47 Å². The maximum absolute atomic E-state index is 12.1. The summed E-state index contributed by atoms with van der Waals surface area (Å²) in [6.45, 7) is 2.24. The maximum Gasteiger partial charge on any atom is 0.573 e. The number of alkyl halides is 3. The molecule has 0 radical (unpaired) electrons. The lowest BCUT2D eigenvalue weighted by Gasteiger charge is -2.11. The molecule has 0 saturated heterocycles. The molecule has 0 heterocycles. The van der Waals surface area contributed by atoms with Crippen molar-refractivity contribution in [1.29, 1.82) is 0 Å². The highest BCUT2D eigenvalue weighted by Crippen LogP contribution is 2.24. The van der Waals surface area contributed by atoms with E-state index in [2.05, 4.69) is 10.1 Å². The van der Waals surface area contributed by atoms with Crippen LogP contribution in [-0.4, -0.2) is 39.8 Å². The van der Waals surface area contributed by atoms with Crippen LogP contribution in [0.4, 0.5) is 18.9 Å². The third-order valence-corrected chi connectivity index (χ3v) is 2.29. The van der Waals surface area contributed by atoms with Gasteiger partial charge in [0.05, 0.1) is 13.2 Å². The van der Waals surface area contributed by atoms with Crippen molar-refractivity contribution in [2.75, 3.05) is 38.8 Å². The molecule has 0 aromatic heterocycles. The molecule has 0 atom stereocenters. The number of ether oxygens (including phenoxy) is 3. The SMILES string of the molecule is COCCOCCCNc1cccc(OC(F)(F)F)c1. The molecule has 1 rings (SSSR count). The zero-order chi connectivity index (χ0) is 14.8. The second kappa shape index (κ2) is 8.65. The van der Waals surface area contributed by atoms with Crippen LogP contribution in [0.2, 0.25) is 0 Å². The summed E-state index contributed by atoms with van der Waals surface area (Å²) in [5.41, 5.74) is 0.573. The van der Waals surface area contributed by atoms with Gasteiger partial charge in [0.1, 0.15) is 5.75 Å². The number of methoxy groups -OCH3 is 1. The fourth-order valence-electron chi connectivity index (χ4n) is 1.45. The second-order valence-electron chi connectivity index (χ2n) is 3.96. The van der Waals surface area contributed by atoms with E-state index in [0.29, 0.717) is 32.1 Å². The van der Waals surface area contributed by atoms with Crippen LogP contribution in [0.5, 0.6) is 5.75 Å². The highest BCUT2D eigenvalue weighted by Gasteiger charge is 2.31. The first kappa shape index (κ1) is 16.6.